The van der Waals surface area contributed by atoms with E-state index in [0.717, 1.165) is 18.7 Å². The Balaban J connectivity index is 0.00000242. The lowest BCUT2D eigenvalue weighted by molar-refractivity contribution is 0.530. The summed E-state index contributed by atoms with van der Waals surface area (Å²) in [6.07, 6.45) is 0. The molecule has 0 fully saturated rings. The van der Waals surface area contributed by atoms with Crippen LogP contribution < -0.4 is 10.0 Å². The Morgan fingerprint density at radius 3 is 2.64 bits per heavy atom. The summed E-state index contributed by atoms with van der Waals surface area (Å²) in [6, 6.07) is 2.34. The summed E-state index contributed by atoms with van der Waals surface area (Å²) in [5, 5.41) is 2.97. The topological polar surface area (TPSA) is 73.8 Å². The molecule has 0 spiro atoms. The van der Waals surface area contributed by atoms with Crippen LogP contribution in [0.5, 0.6) is 0 Å². The molecule has 0 saturated heterocycles. The van der Waals surface area contributed by atoms with E-state index in [1.165, 1.54) is 0 Å². The number of nitrogens with one attached hydrogen (secondary N) is 2. The maximum absolute atomic E-state index is 13.5. The van der Waals surface area contributed by atoms with Crippen molar-refractivity contribution in [1.82, 2.24) is 14.9 Å². The van der Waals surface area contributed by atoms with Gasteiger partial charge >= 0.3 is 0 Å². The number of hydrogen-bond donors (Lipinski definition) is 2. The smallest absolute Gasteiger partial charge is 0.243 e. The average Bonchev–Trinajstić information content (AvgIpc) is 2.80. The van der Waals surface area contributed by atoms with Crippen molar-refractivity contribution in [3.05, 3.63) is 29.8 Å². The first kappa shape index (κ1) is 19.0. The van der Waals surface area contributed by atoms with Crippen LogP contribution >= 0.6 is 24.0 Å². The predicted octanol–water partition coefficient (Wildman–Crippen LogP) is 0.752. The second-order valence-electron chi connectivity index (χ2n) is 4.53. The van der Waals surface area contributed by atoms with Gasteiger partial charge in [0.05, 0.1) is 6.54 Å². The molecule has 1 aromatic rings. The Labute approximate surface area is 145 Å². The molecule has 2 N–H and O–H groups in total. The lowest BCUT2D eigenvalue weighted by Gasteiger charge is -2.15. The minimum Gasteiger partial charge on any atom is -0.355 e. The first-order chi connectivity index (χ1) is 9.90. The van der Waals surface area contributed by atoms with Crippen molar-refractivity contribution in [2.75, 3.05) is 33.2 Å². The number of aliphatic imine (C=N–C) groups is 1. The number of halogens is 3. The Morgan fingerprint density at radius 1 is 1.32 bits per heavy atom. The van der Waals surface area contributed by atoms with Crippen LogP contribution in [0.3, 0.4) is 0 Å². The van der Waals surface area contributed by atoms with Crippen molar-refractivity contribution >= 4 is 40.0 Å². The summed E-state index contributed by atoms with van der Waals surface area (Å²) in [6.45, 7) is 1.89. The molecule has 0 unspecified atom stereocenters. The summed E-state index contributed by atoms with van der Waals surface area (Å²) >= 11 is 0. The van der Waals surface area contributed by atoms with Crippen molar-refractivity contribution in [2.24, 2.45) is 4.99 Å². The van der Waals surface area contributed by atoms with E-state index in [-0.39, 0.29) is 30.5 Å². The van der Waals surface area contributed by atoms with Gasteiger partial charge in [0.25, 0.3) is 0 Å². The van der Waals surface area contributed by atoms with E-state index in [1.54, 1.807) is 0 Å². The van der Waals surface area contributed by atoms with Gasteiger partial charge in [-0.15, -0.1) is 24.0 Å². The highest BCUT2D eigenvalue weighted by Gasteiger charge is 2.19. The highest BCUT2D eigenvalue weighted by Crippen LogP contribution is 2.14. The van der Waals surface area contributed by atoms with Crippen molar-refractivity contribution in [2.45, 2.75) is 4.90 Å². The molecule has 1 heterocycles. The fourth-order valence-electron chi connectivity index (χ4n) is 1.85. The van der Waals surface area contributed by atoms with Crippen LogP contribution in [0.25, 0.3) is 0 Å². The van der Waals surface area contributed by atoms with Gasteiger partial charge in [0.1, 0.15) is 16.5 Å². The fraction of sp³-hybridized carbons (Fsp3) is 0.417. The van der Waals surface area contributed by atoms with Crippen molar-refractivity contribution < 1.29 is 17.2 Å². The number of rotatable bonds is 5. The van der Waals surface area contributed by atoms with Crippen LogP contribution in [0.2, 0.25) is 0 Å². The molecule has 1 aliphatic rings. The molecule has 6 nitrogen and oxygen atoms in total. The molecular formula is C12H17F2IN4O2S. The number of sulfonamides is 1. The van der Waals surface area contributed by atoms with Gasteiger partial charge in [-0.3, -0.25) is 4.99 Å². The monoisotopic (exact) mass is 446 g/mol. The molecule has 0 aromatic heterocycles. The number of guanidine groups is 1. The second kappa shape index (κ2) is 8.02. The Bertz CT molecular complexity index is 655. The quantitative estimate of drug-likeness (QED) is 0.518. The summed E-state index contributed by atoms with van der Waals surface area (Å²) in [4.78, 5) is 5.53. The van der Waals surface area contributed by atoms with E-state index >= 15 is 0 Å². The molecule has 124 valence electrons. The molecule has 0 bridgehead atoms. The third-order valence-electron chi connectivity index (χ3n) is 2.94. The van der Waals surface area contributed by atoms with Gasteiger partial charge in [-0.25, -0.2) is 21.9 Å². The summed E-state index contributed by atoms with van der Waals surface area (Å²) in [5.74, 6) is -1.24. The molecule has 2 rings (SSSR count). The maximum Gasteiger partial charge on any atom is 0.243 e. The van der Waals surface area contributed by atoms with Crippen LogP contribution in [0.4, 0.5) is 8.78 Å². The summed E-state index contributed by atoms with van der Waals surface area (Å²) in [7, 11) is -2.13. The van der Waals surface area contributed by atoms with E-state index in [9.17, 15) is 17.2 Å². The molecular weight excluding hydrogens is 429 g/mol. The van der Waals surface area contributed by atoms with Gasteiger partial charge in [-0.1, -0.05) is 0 Å². The van der Waals surface area contributed by atoms with Crippen LogP contribution in [0, 0.1) is 11.6 Å². The zero-order valence-corrected chi connectivity index (χ0v) is 15.0. The van der Waals surface area contributed by atoms with Crippen molar-refractivity contribution in [1.29, 1.82) is 0 Å². The molecule has 1 aromatic carbocycles. The minimum atomic E-state index is -4.00. The minimum absolute atomic E-state index is 0. The molecule has 1 aliphatic heterocycles. The van der Waals surface area contributed by atoms with Crippen molar-refractivity contribution in [3.63, 3.8) is 0 Å². The first-order valence-electron chi connectivity index (χ1n) is 6.34. The van der Waals surface area contributed by atoms with Gasteiger partial charge < -0.3 is 10.2 Å². The normalized spacial score (nSPS) is 14.5. The number of hydrogen-bond acceptors (Lipinski definition) is 5. The molecule has 10 heteroatoms. The van der Waals surface area contributed by atoms with E-state index in [4.69, 9.17) is 0 Å². The first-order valence-corrected chi connectivity index (χ1v) is 7.82. The highest BCUT2D eigenvalue weighted by atomic mass is 127. The van der Waals surface area contributed by atoms with E-state index < -0.39 is 26.6 Å². The van der Waals surface area contributed by atoms with Gasteiger partial charge in [0, 0.05) is 32.7 Å². The van der Waals surface area contributed by atoms with Crippen LogP contribution in [-0.2, 0) is 10.0 Å². The molecule has 0 saturated carbocycles. The van der Waals surface area contributed by atoms with Crippen LogP contribution in [0.15, 0.2) is 28.1 Å². The molecule has 22 heavy (non-hydrogen) atoms. The largest absolute Gasteiger partial charge is 0.355 e. The van der Waals surface area contributed by atoms with E-state index in [2.05, 4.69) is 15.0 Å². The number of nitrogens with zero attached hydrogens (tertiary/aromatic N) is 2. The van der Waals surface area contributed by atoms with E-state index in [0.29, 0.717) is 25.1 Å². The second-order valence-corrected chi connectivity index (χ2v) is 6.26. The summed E-state index contributed by atoms with van der Waals surface area (Å²) in [5.41, 5.74) is 0. The van der Waals surface area contributed by atoms with E-state index in [1.807, 2.05) is 11.9 Å². The van der Waals surface area contributed by atoms with Crippen molar-refractivity contribution in [3.8, 4) is 0 Å². The van der Waals surface area contributed by atoms with Gasteiger partial charge in [0.2, 0.25) is 10.0 Å². The zero-order chi connectivity index (χ0) is 15.5. The number of benzene rings is 1. The standard InChI is InChI=1S/C12H16F2N4O2S.HI/c1-18-7-6-16-12(18)15-4-5-17-21(19,20)11-3-2-9(13)8-10(11)14;/h2-3,8,17H,4-7H2,1H3,(H,15,16);1H. The lowest BCUT2D eigenvalue weighted by Crippen LogP contribution is -2.40. The lowest BCUT2D eigenvalue weighted by atomic mass is 10.3. The third-order valence-corrected chi connectivity index (χ3v) is 4.44. The SMILES string of the molecule is CN1CCN=C1NCCNS(=O)(=O)c1ccc(F)cc1F.I. The Kier molecular flexibility index (Phi) is 6.94. The highest BCUT2D eigenvalue weighted by molar-refractivity contribution is 14.0. The molecule has 0 atom stereocenters. The zero-order valence-electron chi connectivity index (χ0n) is 11.8. The van der Waals surface area contributed by atoms with Crippen LogP contribution in [0.1, 0.15) is 0 Å². The predicted molar refractivity (Wildman–Crippen MR) is 89.9 cm³/mol. The summed E-state index contributed by atoms with van der Waals surface area (Å²) < 4.78 is 52.2. The fourth-order valence-corrected chi connectivity index (χ4v) is 2.94. The average molecular weight is 446 g/mol. The Hall–Kier alpha value is -1.01. The Morgan fingerprint density at radius 2 is 2.05 bits per heavy atom. The number of likely N-dealkylation sites (N-methyl/N-ethyl adjacent to an activating group) is 1. The van der Waals surface area contributed by atoms with Crippen LogP contribution in [-0.4, -0.2) is 52.5 Å². The van der Waals surface area contributed by atoms with Gasteiger partial charge in [0.15, 0.2) is 5.96 Å². The molecule has 0 amide bonds. The van der Waals surface area contributed by atoms with Gasteiger partial charge in [-0.05, 0) is 12.1 Å². The third kappa shape index (κ3) is 4.74. The molecule has 0 aliphatic carbocycles. The van der Waals surface area contributed by atoms with Gasteiger partial charge in [-0.2, -0.15) is 0 Å². The maximum atomic E-state index is 13.5. The molecule has 0 radical (unpaired) electrons.